The van der Waals surface area contributed by atoms with Crippen molar-refractivity contribution in [2.75, 3.05) is 13.6 Å². The average molecular weight is 246 g/mol. The van der Waals surface area contributed by atoms with Crippen LogP contribution in [0.5, 0.6) is 0 Å². The quantitative estimate of drug-likeness (QED) is 0.733. The molecule has 1 unspecified atom stereocenters. The molecule has 0 amide bonds. The van der Waals surface area contributed by atoms with Gasteiger partial charge in [0.05, 0.1) is 11.4 Å². The van der Waals surface area contributed by atoms with Crippen molar-refractivity contribution in [3.05, 3.63) is 18.0 Å². The number of H-pyrrole nitrogens is 1. The normalized spacial score (nSPS) is 14.2. The van der Waals surface area contributed by atoms with Gasteiger partial charge in [0.15, 0.2) is 0 Å². The number of nitrogens with one attached hydrogen (secondary N) is 1. The first-order valence-electron chi connectivity index (χ1n) is 5.15. The molecular weight excluding hydrogens is 228 g/mol. The molecule has 0 aliphatic heterocycles. The Kier molecular flexibility index (Phi) is 4.45. The van der Waals surface area contributed by atoms with E-state index in [1.807, 2.05) is 6.92 Å². The maximum Gasteiger partial charge on any atom is 0.218 e. The van der Waals surface area contributed by atoms with Crippen LogP contribution in [-0.4, -0.2) is 41.8 Å². The van der Waals surface area contributed by atoms with Gasteiger partial charge in [-0.2, -0.15) is 5.10 Å². The summed E-state index contributed by atoms with van der Waals surface area (Å²) in [6.45, 7) is 2.28. The predicted molar refractivity (Wildman–Crippen MR) is 62.1 cm³/mol. The fourth-order valence-corrected chi connectivity index (χ4v) is 2.97. The Balaban J connectivity index is 2.76. The third-order valence-electron chi connectivity index (χ3n) is 2.53. The molecule has 1 heterocycles. The van der Waals surface area contributed by atoms with E-state index in [9.17, 15) is 8.42 Å². The van der Waals surface area contributed by atoms with Gasteiger partial charge in [-0.1, -0.05) is 6.92 Å². The topological polar surface area (TPSA) is 92.1 Å². The van der Waals surface area contributed by atoms with E-state index < -0.39 is 15.3 Å². The van der Waals surface area contributed by atoms with Crippen LogP contribution >= 0.6 is 0 Å². The van der Waals surface area contributed by atoms with E-state index in [0.717, 1.165) is 5.56 Å². The highest BCUT2D eigenvalue weighted by Crippen LogP contribution is 2.12. The molecule has 1 aromatic heterocycles. The molecule has 0 fully saturated rings. The summed E-state index contributed by atoms with van der Waals surface area (Å²) in [5, 5.41) is 5.91. The van der Waals surface area contributed by atoms with E-state index in [1.165, 1.54) is 4.31 Å². The monoisotopic (exact) mass is 246 g/mol. The van der Waals surface area contributed by atoms with Gasteiger partial charge in [0, 0.05) is 31.9 Å². The van der Waals surface area contributed by atoms with Crippen LogP contribution in [0.25, 0.3) is 0 Å². The van der Waals surface area contributed by atoms with Crippen molar-refractivity contribution >= 4 is 10.0 Å². The molecule has 1 atom stereocenters. The molecule has 0 saturated heterocycles. The van der Waals surface area contributed by atoms with Crippen molar-refractivity contribution in [1.29, 1.82) is 0 Å². The molecule has 7 heteroatoms. The minimum Gasteiger partial charge on any atom is -0.329 e. The van der Waals surface area contributed by atoms with E-state index >= 15 is 0 Å². The number of sulfonamides is 1. The lowest BCUT2D eigenvalue weighted by atomic mass is 10.3. The maximum atomic E-state index is 12.0. The summed E-state index contributed by atoms with van der Waals surface area (Å²) in [5.74, 6) is 0. The number of nitrogens with zero attached hydrogens (tertiary/aromatic N) is 2. The van der Waals surface area contributed by atoms with Gasteiger partial charge in [0.2, 0.25) is 10.0 Å². The van der Waals surface area contributed by atoms with Gasteiger partial charge < -0.3 is 5.73 Å². The second kappa shape index (κ2) is 5.42. The van der Waals surface area contributed by atoms with E-state index in [1.54, 1.807) is 19.4 Å². The maximum absolute atomic E-state index is 12.0. The summed E-state index contributed by atoms with van der Waals surface area (Å²) in [4.78, 5) is 0. The van der Waals surface area contributed by atoms with Crippen LogP contribution in [0.1, 0.15) is 18.9 Å². The molecule has 0 spiro atoms. The summed E-state index contributed by atoms with van der Waals surface area (Å²) in [6.07, 6.45) is 3.80. The fourth-order valence-electron chi connectivity index (χ4n) is 1.46. The smallest absolute Gasteiger partial charge is 0.218 e. The minimum atomic E-state index is -3.31. The third kappa shape index (κ3) is 2.81. The Hall–Kier alpha value is -0.920. The molecular formula is C9H18N4O2S. The molecule has 0 aromatic carbocycles. The summed E-state index contributed by atoms with van der Waals surface area (Å²) in [7, 11) is -1.75. The van der Waals surface area contributed by atoms with Crippen molar-refractivity contribution in [2.45, 2.75) is 25.1 Å². The number of rotatable bonds is 6. The molecule has 3 N–H and O–H groups in total. The molecule has 0 radical (unpaired) electrons. The Labute approximate surface area is 95.9 Å². The Morgan fingerprint density at radius 1 is 1.62 bits per heavy atom. The Morgan fingerprint density at radius 2 is 2.31 bits per heavy atom. The summed E-state index contributed by atoms with van der Waals surface area (Å²) in [6, 6.07) is 0. The first-order valence-corrected chi connectivity index (χ1v) is 6.65. The lowest BCUT2D eigenvalue weighted by Crippen LogP contribution is -2.39. The lowest BCUT2D eigenvalue weighted by molar-refractivity contribution is 0.453. The summed E-state index contributed by atoms with van der Waals surface area (Å²) >= 11 is 0. The number of hydrogen-bond donors (Lipinski definition) is 2. The summed E-state index contributed by atoms with van der Waals surface area (Å²) in [5.41, 5.74) is 6.29. The lowest BCUT2D eigenvalue weighted by Gasteiger charge is -2.22. The van der Waals surface area contributed by atoms with Crippen LogP contribution in [0.15, 0.2) is 12.4 Å². The van der Waals surface area contributed by atoms with E-state index in [0.29, 0.717) is 13.0 Å². The zero-order chi connectivity index (χ0) is 12.2. The third-order valence-corrected chi connectivity index (χ3v) is 4.90. The second-order valence-corrected chi connectivity index (χ2v) is 5.99. The van der Waals surface area contributed by atoms with Gasteiger partial charge >= 0.3 is 0 Å². The van der Waals surface area contributed by atoms with Crippen LogP contribution in [0, 0.1) is 0 Å². The van der Waals surface area contributed by atoms with Crippen molar-refractivity contribution in [2.24, 2.45) is 5.73 Å². The Bertz CT molecular complexity index is 397. The van der Waals surface area contributed by atoms with Crippen LogP contribution in [0.3, 0.4) is 0 Å². The van der Waals surface area contributed by atoms with Gasteiger partial charge in [-0.3, -0.25) is 5.10 Å². The second-order valence-electron chi connectivity index (χ2n) is 3.67. The van der Waals surface area contributed by atoms with Gasteiger partial charge in [-0.05, 0) is 6.42 Å². The SMILES string of the molecule is CCC(CN)S(=O)(=O)N(C)Cc1cn[nH]c1. The van der Waals surface area contributed by atoms with Crippen LogP contribution in [0.4, 0.5) is 0 Å². The van der Waals surface area contributed by atoms with Gasteiger partial charge in [0.25, 0.3) is 0 Å². The van der Waals surface area contributed by atoms with Crippen molar-refractivity contribution in [3.8, 4) is 0 Å². The number of aromatic nitrogens is 2. The van der Waals surface area contributed by atoms with E-state index in [-0.39, 0.29) is 6.54 Å². The first-order chi connectivity index (χ1) is 7.52. The minimum absolute atomic E-state index is 0.147. The van der Waals surface area contributed by atoms with Crippen molar-refractivity contribution in [3.63, 3.8) is 0 Å². The largest absolute Gasteiger partial charge is 0.329 e. The van der Waals surface area contributed by atoms with Gasteiger partial charge in [-0.25, -0.2) is 12.7 Å². The van der Waals surface area contributed by atoms with E-state index in [2.05, 4.69) is 10.2 Å². The zero-order valence-corrected chi connectivity index (χ0v) is 10.4. The summed E-state index contributed by atoms with van der Waals surface area (Å²) < 4.78 is 25.4. The van der Waals surface area contributed by atoms with Crippen molar-refractivity contribution in [1.82, 2.24) is 14.5 Å². The predicted octanol–water partition coefficient (Wildman–Crippen LogP) is -0.0914. The molecule has 6 nitrogen and oxygen atoms in total. The highest BCUT2D eigenvalue weighted by atomic mass is 32.2. The molecule has 1 rings (SSSR count). The molecule has 0 aliphatic rings. The molecule has 1 aromatic rings. The first kappa shape index (κ1) is 13.1. The molecule has 0 aliphatic carbocycles. The highest BCUT2D eigenvalue weighted by molar-refractivity contribution is 7.89. The van der Waals surface area contributed by atoms with Gasteiger partial charge in [-0.15, -0.1) is 0 Å². The van der Waals surface area contributed by atoms with Crippen LogP contribution < -0.4 is 5.73 Å². The highest BCUT2D eigenvalue weighted by Gasteiger charge is 2.27. The van der Waals surface area contributed by atoms with Crippen LogP contribution in [-0.2, 0) is 16.6 Å². The molecule has 0 bridgehead atoms. The zero-order valence-electron chi connectivity index (χ0n) is 9.55. The fraction of sp³-hybridized carbons (Fsp3) is 0.667. The number of hydrogen-bond acceptors (Lipinski definition) is 4. The standard InChI is InChI=1S/C9H18N4O2S/c1-3-9(4-10)16(14,15)13(2)7-8-5-11-12-6-8/h5-6,9H,3-4,7,10H2,1-2H3,(H,11,12). The number of aromatic amines is 1. The molecule has 0 saturated carbocycles. The van der Waals surface area contributed by atoms with Crippen LogP contribution in [0.2, 0.25) is 0 Å². The van der Waals surface area contributed by atoms with Crippen molar-refractivity contribution < 1.29 is 8.42 Å². The average Bonchev–Trinajstić information content (AvgIpc) is 2.71. The van der Waals surface area contributed by atoms with E-state index in [4.69, 9.17) is 5.73 Å². The Morgan fingerprint density at radius 3 is 2.75 bits per heavy atom. The van der Waals surface area contributed by atoms with Gasteiger partial charge in [0.1, 0.15) is 0 Å². The molecule has 16 heavy (non-hydrogen) atoms. The molecule has 92 valence electrons. The number of nitrogens with two attached hydrogens (primary N) is 1.